The summed E-state index contributed by atoms with van der Waals surface area (Å²) in [6, 6.07) is 26.8. The molecule has 0 aromatic heterocycles. The van der Waals surface area contributed by atoms with E-state index < -0.39 is 21.2 Å². The molecule has 3 atom stereocenters. The van der Waals surface area contributed by atoms with E-state index in [1.807, 2.05) is 79.7 Å². The average molecular weight is 469 g/mol. The first kappa shape index (κ1) is 23.1. The predicted molar refractivity (Wildman–Crippen MR) is 130 cm³/mol. The molecular formula is C26H28O4S2. The van der Waals surface area contributed by atoms with E-state index in [0.29, 0.717) is 29.6 Å². The number of hydrogen-bond donors (Lipinski definition) is 0. The summed E-state index contributed by atoms with van der Waals surface area (Å²) in [6.07, 6.45) is -0.866. The zero-order valence-corrected chi connectivity index (χ0v) is 19.7. The van der Waals surface area contributed by atoms with Gasteiger partial charge in [0.15, 0.2) is 9.84 Å². The molecule has 0 radical (unpaired) electrons. The molecule has 0 aliphatic carbocycles. The van der Waals surface area contributed by atoms with Gasteiger partial charge in [0.1, 0.15) is 11.4 Å². The third kappa shape index (κ3) is 5.62. The van der Waals surface area contributed by atoms with E-state index >= 15 is 0 Å². The van der Waals surface area contributed by atoms with Gasteiger partial charge in [-0.1, -0.05) is 78.4 Å². The Kier molecular flexibility index (Phi) is 7.68. The van der Waals surface area contributed by atoms with Crippen molar-refractivity contribution in [3.8, 4) is 0 Å². The Hall–Kier alpha value is -2.12. The van der Waals surface area contributed by atoms with Crippen molar-refractivity contribution in [2.75, 3.05) is 11.5 Å². The number of sulfone groups is 1. The lowest BCUT2D eigenvalue weighted by Crippen LogP contribution is -2.50. The molecule has 0 N–H and O–H groups in total. The second kappa shape index (κ2) is 10.7. The molecule has 1 aliphatic heterocycles. The van der Waals surface area contributed by atoms with Crippen molar-refractivity contribution in [3.05, 3.63) is 102 Å². The van der Waals surface area contributed by atoms with Crippen LogP contribution in [0.25, 0.3) is 0 Å². The summed E-state index contributed by atoms with van der Waals surface area (Å²) in [5, 5.41) is -0.673. The number of thioether (sulfide) groups is 1. The molecule has 0 unspecified atom stereocenters. The quantitative estimate of drug-likeness (QED) is 0.463. The topological polar surface area (TPSA) is 52.6 Å². The van der Waals surface area contributed by atoms with Gasteiger partial charge in [0.2, 0.25) is 0 Å². The van der Waals surface area contributed by atoms with Gasteiger partial charge in [-0.25, -0.2) is 8.42 Å². The first-order valence-corrected chi connectivity index (χ1v) is 13.4. The molecule has 1 fully saturated rings. The van der Waals surface area contributed by atoms with Gasteiger partial charge in [-0.05, 0) is 30.2 Å². The fourth-order valence-corrected chi connectivity index (χ4v) is 7.35. The smallest absolute Gasteiger partial charge is 0.184 e. The highest BCUT2D eigenvalue weighted by atomic mass is 32.2. The molecule has 6 heteroatoms. The summed E-state index contributed by atoms with van der Waals surface area (Å²) in [4.78, 5) is 0.339. The zero-order valence-electron chi connectivity index (χ0n) is 18.1. The van der Waals surface area contributed by atoms with Gasteiger partial charge in [-0.3, -0.25) is 0 Å². The molecule has 0 spiro atoms. The summed E-state index contributed by atoms with van der Waals surface area (Å²) < 4.78 is 39.7. The predicted octanol–water partition coefficient (Wildman–Crippen LogP) is 5.05. The van der Waals surface area contributed by atoms with Gasteiger partial charge >= 0.3 is 0 Å². The van der Waals surface area contributed by atoms with Gasteiger partial charge < -0.3 is 9.47 Å². The SMILES string of the molecule is Cc1ccc(S(=O)(=O)[C@H]2CSC[C@@H](OCc3ccccc3)[C@H]2OCc2ccccc2)cc1. The van der Waals surface area contributed by atoms with Crippen LogP contribution >= 0.6 is 11.8 Å². The Morgan fingerprint density at radius 3 is 1.94 bits per heavy atom. The number of benzene rings is 3. The molecule has 32 heavy (non-hydrogen) atoms. The lowest BCUT2D eigenvalue weighted by molar-refractivity contribution is -0.0763. The van der Waals surface area contributed by atoms with Gasteiger partial charge in [0.05, 0.1) is 24.2 Å². The first-order chi connectivity index (χ1) is 15.5. The van der Waals surface area contributed by atoms with E-state index in [1.165, 1.54) is 0 Å². The van der Waals surface area contributed by atoms with E-state index in [0.717, 1.165) is 16.7 Å². The third-order valence-electron chi connectivity index (χ3n) is 5.64. The maximum atomic E-state index is 13.6. The lowest BCUT2D eigenvalue weighted by Gasteiger charge is -2.37. The fourth-order valence-electron chi connectivity index (χ4n) is 3.80. The molecular weight excluding hydrogens is 440 g/mol. The maximum Gasteiger partial charge on any atom is 0.184 e. The Bertz CT molecular complexity index is 1080. The molecule has 0 saturated carbocycles. The highest BCUT2D eigenvalue weighted by molar-refractivity contribution is 8.01. The van der Waals surface area contributed by atoms with Gasteiger partial charge in [0, 0.05) is 11.5 Å². The first-order valence-electron chi connectivity index (χ1n) is 10.7. The Labute approximate surface area is 194 Å². The summed E-state index contributed by atoms with van der Waals surface area (Å²) >= 11 is 1.61. The second-order valence-corrected chi connectivity index (χ2v) is 11.3. The number of rotatable bonds is 8. The third-order valence-corrected chi connectivity index (χ3v) is 9.17. The number of aryl methyl sites for hydroxylation is 1. The molecule has 0 bridgehead atoms. The van der Waals surface area contributed by atoms with Crippen LogP contribution in [0.15, 0.2) is 89.8 Å². The number of ether oxygens (including phenoxy) is 2. The van der Waals surface area contributed by atoms with Gasteiger partial charge in [0.25, 0.3) is 0 Å². The second-order valence-electron chi connectivity index (χ2n) is 8.03. The van der Waals surface area contributed by atoms with Crippen molar-refractivity contribution < 1.29 is 17.9 Å². The fraction of sp³-hybridized carbons (Fsp3) is 0.308. The zero-order chi connectivity index (χ0) is 22.4. The standard InChI is InChI=1S/C26H28O4S2/c1-20-12-14-23(15-13-20)32(27,28)25-19-31-18-24(29-16-21-8-4-2-5-9-21)26(25)30-17-22-10-6-3-7-11-22/h2-15,24-26H,16-19H2,1H3/t24-,25+,26-/m1/s1. The van der Waals surface area contributed by atoms with E-state index in [9.17, 15) is 8.42 Å². The molecule has 0 amide bonds. The normalized spacial score (nSPS) is 21.3. The Morgan fingerprint density at radius 1 is 0.781 bits per heavy atom. The molecule has 4 rings (SSSR count). The molecule has 4 nitrogen and oxygen atoms in total. The van der Waals surface area contributed by atoms with E-state index in [4.69, 9.17) is 9.47 Å². The molecule has 1 heterocycles. The minimum Gasteiger partial charge on any atom is -0.370 e. The van der Waals surface area contributed by atoms with Crippen molar-refractivity contribution in [3.63, 3.8) is 0 Å². The van der Waals surface area contributed by atoms with Crippen LogP contribution in [-0.4, -0.2) is 37.4 Å². The van der Waals surface area contributed by atoms with E-state index in [1.54, 1.807) is 23.9 Å². The minimum absolute atomic E-state index is 0.317. The summed E-state index contributed by atoms with van der Waals surface area (Å²) in [7, 11) is -3.57. The van der Waals surface area contributed by atoms with Crippen molar-refractivity contribution in [2.24, 2.45) is 0 Å². The largest absolute Gasteiger partial charge is 0.370 e. The van der Waals surface area contributed by atoms with Crippen LogP contribution in [0, 0.1) is 6.92 Å². The summed E-state index contributed by atoms with van der Waals surface area (Å²) in [6.45, 7) is 2.72. The van der Waals surface area contributed by atoms with Crippen molar-refractivity contribution in [1.82, 2.24) is 0 Å². The van der Waals surface area contributed by atoms with Crippen molar-refractivity contribution in [2.45, 2.75) is 42.5 Å². The molecule has 3 aromatic rings. The van der Waals surface area contributed by atoms with Crippen LogP contribution in [0.1, 0.15) is 16.7 Å². The van der Waals surface area contributed by atoms with Crippen LogP contribution in [0.5, 0.6) is 0 Å². The summed E-state index contributed by atoms with van der Waals surface area (Å²) in [5.41, 5.74) is 3.10. The molecule has 1 aliphatic rings. The monoisotopic (exact) mass is 468 g/mol. The highest BCUT2D eigenvalue weighted by Gasteiger charge is 2.43. The Balaban J connectivity index is 1.58. The van der Waals surface area contributed by atoms with Crippen molar-refractivity contribution in [1.29, 1.82) is 0 Å². The van der Waals surface area contributed by atoms with Crippen molar-refractivity contribution >= 4 is 21.6 Å². The molecule has 168 valence electrons. The Morgan fingerprint density at radius 2 is 1.34 bits per heavy atom. The molecule has 3 aromatic carbocycles. The average Bonchev–Trinajstić information content (AvgIpc) is 2.83. The van der Waals surface area contributed by atoms with Crippen LogP contribution in [0.3, 0.4) is 0 Å². The van der Waals surface area contributed by atoms with Gasteiger partial charge in [-0.2, -0.15) is 11.8 Å². The van der Waals surface area contributed by atoms with E-state index in [2.05, 4.69) is 0 Å². The molecule has 1 saturated heterocycles. The van der Waals surface area contributed by atoms with Crippen LogP contribution < -0.4 is 0 Å². The van der Waals surface area contributed by atoms with Crippen LogP contribution in [-0.2, 0) is 32.5 Å². The van der Waals surface area contributed by atoms with E-state index in [-0.39, 0.29) is 6.10 Å². The summed E-state index contributed by atoms with van der Waals surface area (Å²) in [5.74, 6) is 1.19. The van der Waals surface area contributed by atoms with Crippen LogP contribution in [0.4, 0.5) is 0 Å². The number of hydrogen-bond acceptors (Lipinski definition) is 5. The highest BCUT2D eigenvalue weighted by Crippen LogP contribution is 2.32. The minimum atomic E-state index is -3.57. The maximum absolute atomic E-state index is 13.6. The van der Waals surface area contributed by atoms with Gasteiger partial charge in [-0.15, -0.1) is 0 Å². The van der Waals surface area contributed by atoms with Crippen LogP contribution in [0.2, 0.25) is 0 Å². The lowest BCUT2D eigenvalue weighted by atomic mass is 10.1.